The number of fused-ring (bicyclic) bond motifs is 1. The second kappa shape index (κ2) is 5.14. The summed E-state index contributed by atoms with van der Waals surface area (Å²) in [5.41, 5.74) is 2.75. The van der Waals surface area contributed by atoms with E-state index < -0.39 is 10.0 Å². The molecule has 0 saturated carbocycles. The van der Waals surface area contributed by atoms with Crippen LogP contribution in [-0.2, 0) is 10.0 Å². The smallest absolute Gasteiger partial charge is 0.268 e. The van der Waals surface area contributed by atoms with Crippen LogP contribution in [0.1, 0.15) is 11.3 Å². The Balaban J connectivity index is 2.24. The molecule has 2 heterocycles. The van der Waals surface area contributed by atoms with Crippen molar-refractivity contribution in [1.82, 2.24) is 8.96 Å². The van der Waals surface area contributed by atoms with Crippen LogP contribution in [0.25, 0.3) is 11.0 Å². The molecule has 3 rings (SSSR count). The summed E-state index contributed by atoms with van der Waals surface area (Å²) in [6.45, 7) is 3.67. The molecular weight excluding hydrogens is 300 g/mol. The molecular formula is C16H16N2O3S. The van der Waals surface area contributed by atoms with E-state index in [1.54, 1.807) is 49.4 Å². The number of benzene rings is 1. The maximum absolute atomic E-state index is 12.9. The lowest BCUT2D eigenvalue weighted by Crippen LogP contribution is -2.14. The highest BCUT2D eigenvalue weighted by molar-refractivity contribution is 7.90. The van der Waals surface area contributed by atoms with Crippen molar-refractivity contribution < 1.29 is 13.2 Å². The fraction of sp³-hybridized carbons (Fsp3) is 0.188. The second-order valence-electron chi connectivity index (χ2n) is 5.13. The highest BCUT2D eigenvalue weighted by Gasteiger charge is 2.22. The number of ether oxygens (including phenoxy) is 1. The van der Waals surface area contributed by atoms with Crippen molar-refractivity contribution in [3.05, 3.63) is 53.7 Å². The van der Waals surface area contributed by atoms with Crippen molar-refractivity contribution in [2.45, 2.75) is 18.7 Å². The zero-order chi connectivity index (χ0) is 15.9. The molecule has 0 aliphatic carbocycles. The van der Waals surface area contributed by atoms with Crippen LogP contribution in [0.4, 0.5) is 0 Å². The predicted molar refractivity (Wildman–Crippen MR) is 84.8 cm³/mol. The van der Waals surface area contributed by atoms with E-state index in [-0.39, 0.29) is 4.90 Å². The largest absolute Gasteiger partial charge is 0.481 e. The Bertz CT molecular complexity index is 941. The maximum atomic E-state index is 12.9. The normalized spacial score (nSPS) is 11.8. The van der Waals surface area contributed by atoms with Crippen LogP contribution in [0.3, 0.4) is 0 Å². The molecule has 6 heteroatoms. The van der Waals surface area contributed by atoms with Gasteiger partial charge in [0.25, 0.3) is 10.0 Å². The van der Waals surface area contributed by atoms with Gasteiger partial charge in [-0.2, -0.15) is 0 Å². The van der Waals surface area contributed by atoms with Gasteiger partial charge in [-0.25, -0.2) is 17.4 Å². The van der Waals surface area contributed by atoms with Crippen LogP contribution in [-0.4, -0.2) is 24.5 Å². The summed E-state index contributed by atoms with van der Waals surface area (Å²) in [6.07, 6.45) is 0. The van der Waals surface area contributed by atoms with Crippen LogP contribution < -0.4 is 4.74 Å². The van der Waals surface area contributed by atoms with E-state index in [2.05, 4.69) is 4.98 Å². The molecule has 0 fully saturated rings. The topological polar surface area (TPSA) is 61.2 Å². The first-order valence-electron chi connectivity index (χ1n) is 6.79. The monoisotopic (exact) mass is 316 g/mol. The lowest BCUT2D eigenvalue weighted by atomic mass is 10.2. The first kappa shape index (κ1) is 14.6. The number of pyridine rings is 1. The number of hydrogen-bond donors (Lipinski definition) is 0. The fourth-order valence-corrected chi connectivity index (χ4v) is 3.96. The van der Waals surface area contributed by atoms with Crippen molar-refractivity contribution in [2.24, 2.45) is 0 Å². The van der Waals surface area contributed by atoms with Crippen molar-refractivity contribution in [1.29, 1.82) is 0 Å². The third kappa shape index (κ3) is 2.25. The van der Waals surface area contributed by atoms with Crippen LogP contribution in [0, 0.1) is 13.8 Å². The van der Waals surface area contributed by atoms with Crippen molar-refractivity contribution >= 4 is 21.1 Å². The Morgan fingerprint density at radius 1 is 1.05 bits per heavy atom. The van der Waals surface area contributed by atoms with Gasteiger partial charge in [-0.05, 0) is 38.1 Å². The average Bonchev–Trinajstić information content (AvgIpc) is 2.83. The minimum Gasteiger partial charge on any atom is -0.481 e. The summed E-state index contributed by atoms with van der Waals surface area (Å²) >= 11 is 0. The molecule has 0 atom stereocenters. The summed E-state index contributed by atoms with van der Waals surface area (Å²) in [7, 11) is -2.12. The lowest BCUT2D eigenvalue weighted by molar-refractivity contribution is 0.399. The Morgan fingerprint density at radius 2 is 1.73 bits per heavy atom. The van der Waals surface area contributed by atoms with Gasteiger partial charge in [0.15, 0.2) is 0 Å². The molecule has 0 amide bonds. The molecule has 0 aliphatic heterocycles. The van der Waals surface area contributed by atoms with Crippen molar-refractivity contribution in [3.8, 4) is 5.88 Å². The van der Waals surface area contributed by atoms with Gasteiger partial charge >= 0.3 is 0 Å². The molecule has 3 aromatic rings. The number of hydrogen-bond acceptors (Lipinski definition) is 4. The second-order valence-corrected chi connectivity index (χ2v) is 6.91. The van der Waals surface area contributed by atoms with E-state index >= 15 is 0 Å². The summed E-state index contributed by atoms with van der Waals surface area (Å²) < 4.78 is 32.2. The Morgan fingerprint density at radius 3 is 2.36 bits per heavy atom. The lowest BCUT2D eigenvalue weighted by Gasteiger charge is -2.10. The van der Waals surface area contributed by atoms with E-state index in [4.69, 9.17) is 4.74 Å². The van der Waals surface area contributed by atoms with Gasteiger partial charge in [-0.3, -0.25) is 0 Å². The molecule has 0 unspecified atom stereocenters. The van der Waals surface area contributed by atoms with Crippen LogP contribution in [0.5, 0.6) is 5.88 Å². The van der Waals surface area contributed by atoms with E-state index in [0.717, 1.165) is 5.56 Å². The third-order valence-electron chi connectivity index (χ3n) is 3.53. The van der Waals surface area contributed by atoms with E-state index in [1.807, 2.05) is 6.92 Å². The number of aryl methyl sites for hydroxylation is 2. The van der Waals surface area contributed by atoms with Gasteiger partial charge in [-0.1, -0.05) is 17.7 Å². The first-order valence-corrected chi connectivity index (χ1v) is 8.23. The molecule has 0 spiro atoms. The first-order chi connectivity index (χ1) is 10.4. The zero-order valence-electron chi connectivity index (χ0n) is 12.6. The van der Waals surface area contributed by atoms with E-state index in [0.29, 0.717) is 22.6 Å². The highest BCUT2D eigenvalue weighted by Crippen LogP contribution is 2.26. The zero-order valence-corrected chi connectivity index (χ0v) is 13.4. The third-order valence-corrected chi connectivity index (χ3v) is 5.36. The molecule has 114 valence electrons. The Hall–Kier alpha value is -2.34. The van der Waals surface area contributed by atoms with E-state index in [9.17, 15) is 8.42 Å². The Kier molecular flexibility index (Phi) is 3.41. The summed E-state index contributed by atoms with van der Waals surface area (Å²) in [6, 6.07) is 11.9. The van der Waals surface area contributed by atoms with Gasteiger partial charge in [0.2, 0.25) is 5.88 Å². The van der Waals surface area contributed by atoms with Gasteiger partial charge in [0, 0.05) is 11.8 Å². The molecule has 5 nitrogen and oxygen atoms in total. The molecule has 0 aliphatic rings. The predicted octanol–water partition coefficient (Wildman–Crippen LogP) is 2.90. The van der Waals surface area contributed by atoms with Crippen molar-refractivity contribution in [3.63, 3.8) is 0 Å². The standard InChI is InChI=1S/C16H16N2O3S/c1-11-4-6-13(7-5-11)22(19,20)18-12(2)10-14-15(18)8-9-16(17-14)21-3/h4-10H,1-3H3. The van der Waals surface area contributed by atoms with Gasteiger partial charge in [-0.15, -0.1) is 0 Å². The molecule has 1 aromatic carbocycles. The summed E-state index contributed by atoms with van der Waals surface area (Å²) in [5, 5.41) is 0. The number of rotatable bonds is 3. The molecule has 2 aromatic heterocycles. The molecule has 0 saturated heterocycles. The molecule has 22 heavy (non-hydrogen) atoms. The summed E-state index contributed by atoms with van der Waals surface area (Å²) in [5.74, 6) is 0.456. The quantitative estimate of drug-likeness (QED) is 0.745. The SMILES string of the molecule is COc1ccc2c(cc(C)n2S(=O)(=O)c2ccc(C)cc2)n1. The Labute approximate surface area is 129 Å². The minimum absolute atomic E-state index is 0.259. The van der Waals surface area contributed by atoms with Crippen LogP contribution in [0.2, 0.25) is 0 Å². The van der Waals surface area contributed by atoms with Gasteiger partial charge in [0.05, 0.1) is 23.0 Å². The van der Waals surface area contributed by atoms with Crippen LogP contribution in [0.15, 0.2) is 47.4 Å². The maximum Gasteiger partial charge on any atom is 0.268 e. The van der Waals surface area contributed by atoms with Crippen LogP contribution >= 0.6 is 0 Å². The molecule has 0 radical (unpaired) electrons. The van der Waals surface area contributed by atoms with E-state index in [1.165, 1.54) is 11.1 Å². The number of aromatic nitrogens is 2. The number of methoxy groups -OCH3 is 1. The van der Waals surface area contributed by atoms with Gasteiger partial charge in [0.1, 0.15) is 0 Å². The highest BCUT2D eigenvalue weighted by atomic mass is 32.2. The fourth-order valence-electron chi connectivity index (χ4n) is 2.42. The number of nitrogens with zero attached hydrogens (tertiary/aromatic N) is 2. The minimum atomic E-state index is -3.65. The molecule has 0 bridgehead atoms. The average molecular weight is 316 g/mol. The molecule has 0 N–H and O–H groups in total. The van der Waals surface area contributed by atoms with Crippen molar-refractivity contribution in [2.75, 3.05) is 7.11 Å². The summed E-state index contributed by atoms with van der Waals surface area (Å²) in [4.78, 5) is 4.55. The van der Waals surface area contributed by atoms with Gasteiger partial charge < -0.3 is 4.74 Å².